The molecule has 0 bridgehead atoms. The summed E-state index contributed by atoms with van der Waals surface area (Å²) in [5.41, 5.74) is 4.98. The Bertz CT molecular complexity index is 1810. The fourth-order valence-electron chi connectivity index (χ4n) is 4.41. The van der Waals surface area contributed by atoms with Crippen molar-refractivity contribution in [2.24, 2.45) is 0 Å². The topological polar surface area (TPSA) is 112 Å². The van der Waals surface area contributed by atoms with Gasteiger partial charge in [-0.05, 0) is 48.9 Å². The number of imidazole rings is 1. The van der Waals surface area contributed by atoms with Crippen LogP contribution in [0.5, 0.6) is 0 Å². The minimum absolute atomic E-state index is 0.126. The Morgan fingerprint density at radius 2 is 1.82 bits per heavy atom. The second kappa shape index (κ2) is 9.47. The highest BCUT2D eigenvalue weighted by Crippen LogP contribution is 2.34. The largest absolute Gasteiger partial charge is 0.336 e. The molecule has 1 amide bonds. The molecule has 0 unspecified atom stereocenters. The number of carbonyl (C=O) groups excluding carboxylic acids is 1. The van der Waals surface area contributed by atoms with Gasteiger partial charge in [0, 0.05) is 47.0 Å². The first-order chi connectivity index (χ1) is 18.5. The Hall–Kier alpha value is -4.99. The number of anilines is 1. The van der Waals surface area contributed by atoms with E-state index in [1.807, 2.05) is 6.92 Å². The van der Waals surface area contributed by atoms with Crippen molar-refractivity contribution >= 4 is 33.5 Å². The van der Waals surface area contributed by atoms with Crippen LogP contribution < -0.4 is 5.32 Å². The van der Waals surface area contributed by atoms with Gasteiger partial charge in [-0.1, -0.05) is 6.92 Å². The lowest BCUT2D eigenvalue weighted by atomic mass is 10.0. The highest BCUT2D eigenvalue weighted by Gasteiger charge is 2.18. The molecule has 38 heavy (non-hydrogen) atoms. The van der Waals surface area contributed by atoms with E-state index < -0.39 is 5.82 Å². The molecule has 6 aromatic rings. The number of amides is 1. The molecule has 188 valence electrons. The molecule has 2 aromatic carbocycles. The summed E-state index contributed by atoms with van der Waals surface area (Å²) in [6, 6.07) is 12.6. The molecule has 10 heteroatoms. The first-order valence-electron chi connectivity index (χ1n) is 12.0. The lowest BCUT2D eigenvalue weighted by molar-refractivity contribution is -0.116. The zero-order valence-corrected chi connectivity index (χ0v) is 20.2. The number of aromatic nitrogens is 6. The maximum Gasteiger partial charge on any atom is 0.224 e. The fourth-order valence-corrected chi connectivity index (χ4v) is 4.41. The van der Waals surface area contributed by atoms with Crippen LogP contribution in [0.4, 0.5) is 14.5 Å². The van der Waals surface area contributed by atoms with Gasteiger partial charge in [0.25, 0.3) is 0 Å². The first kappa shape index (κ1) is 23.4. The number of benzene rings is 2. The van der Waals surface area contributed by atoms with E-state index in [2.05, 4.69) is 30.5 Å². The maximum absolute atomic E-state index is 15.1. The van der Waals surface area contributed by atoms with E-state index in [1.54, 1.807) is 42.7 Å². The quantitative estimate of drug-likeness (QED) is 0.246. The van der Waals surface area contributed by atoms with Gasteiger partial charge in [0.1, 0.15) is 22.8 Å². The Kier molecular flexibility index (Phi) is 5.83. The highest BCUT2D eigenvalue weighted by molar-refractivity contribution is 5.98. The van der Waals surface area contributed by atoms with Crippen LogP contribution in [0, 0.1) is 11.6 Å². The van der Waals surface area contributed by atoms with E-state index in [4.69, 9.17) is 4.98 Å². The molecule has 0 fully saturated rings. The van der Waals surface area contributed by atoms with E-state index in [0.717, 1.165) is 17.5 Å². The lowest BCUT2D eigenvalue weighted by Crippen LogP contribution is -2.10. The summed E-state index contributed by atoms with van der Waals surface area (Å²) < 4.78 is 28.6. The van der Waals surface area contributed by atoms with Crippen LogP contribution in [-0.4, -0.2) is 36.0 Å². The fraction of sp³-hybridized carbons (Fsp3) is 0.107. The Morgan fingerprint density at radius 1 is 0.974 bits per heavy atom. The van der Waals surface area contributed by atoms with Crippen molar-refractivity contribution in [2.45, 2.75) is 19.8 Å². The number of hydrogen-bond acceptors (Lipinski definition) is 5. The third-order valence-corrected chi connectivity index (χ3v) is 6.20. The highest BCUT2D eigenvalue weighted by atomic mass is 19.1. The van der Waals surface area contributed by atoms with E-state index in [9.17, 15) is 9.18 Å². The SMILES string of the molecule is CCCC(=O)Nc1cncc(-c2cc3c(-c4nc5c(-c6ccc(F)cc6)nccc5[nH]4)n[nH]c3cc2F)c1. The molecule has 0 saturated heterocycles. The maximum atomic E-state index is 15.1. The monoisotopic (exact) mass is 509 g/mol. The summed E-state index contributed by atoms with van der Waals surface area (Å²) in [7, 11) is 0. The Morgan fingerprint density at radius 3 is 2.63 bits per heavy atom. The van der Waals surface area contributed by atoms with Crippen LogP contribution in [0.15, 0.2) is 67.1 Å². The summed E-state index contributed by atoms with van der Waals surface area (Å²) in [6.07, 6.45) is 5.83. The van der Waals surface area contributed by atoms with Gasteiger partial charge in [0.05, 0.1) is 28.6 Å². The molecule has 0 saturated carbocycles. The number of nitrogens with one attached hydrogen (secondary N) is 3. The average Bonchev–Trinajstić information content (AvgIpc) is 3.52. The number of fused-ring (bicyclic) bond motifs is 2. The standard InChI is InChI=1S/C28H21F2N7O/c1-2-3-24(38)33-18-10-16(13-31-14-18)19-11-20-23(12-21(19)30)36-37-26(20)28-34-22-8-9-32-25(27(22)35-28)15-4-6-17(29)7-5-15/h4-14H,2-3H2,1H3,(H,33,38)(H,34,35)(H,36,37). The predicted octanol–water partition coefficient (Wildman–Crippen LogP) is 6.25. The minimum Gasteiger partial charge on any atom is -0.336 e. The molecular weight excluding hydrogens is 488 g/mol. The van der Waals surface area contributed by atoms with Crippen LogP contribution in [0.3, 0.4) is 0 Å². The molecule has 0 spiro atoms. The Balaban J connectivity index is 1.43. The van der Waals surface area contributed by atoms with E-state index in [0.29, 0.717) is 56.9 Å². The first-order valence-corrected chi connectivity index (χ1v) is 12.0. The zero-order valence-electron chi connectivity index (χ0n) is 20.2. The summed E-state index contributed by atoms with van der Waals surface area (Å²) in [6.45, 7) is 1.92. The minimum atomic E-state index is -0.459. The van der Waals surface area contributed by atoms with Gasteiger partial charge < -0.3 is 10.3 Å². The van der Waals surface area contributed by atoms with Crippen LogP contribution in [-0.2, 0) is 4.79 Å². The third kappa shape index (κ3) is 4.26. The van der Waals surface area contributed by atoms with Crippen LogP contribution in [0.2, 0.25) is 0 Å². The smallest absolute Gasteiger partial charge is 0.224 e. The van der Waals surface area contributed by atoms with Gasteiger partial charge >= 0.3 is 0 Å². The summed E-state index contributed by atoms with van der Waals surface area (Å²) in [4.78, 5) is 28.7. The van der Waals surface area contributed by atoms with Gasteiger partial charge in [-0.15, -0.1) is 0 Å². The van der Waals surface area contributed by atoms with Gasteiger partial charge in [-0.2, -0.15) is 5.10 Å². The van der Waals surface area contributed by atoms with Crippen LogP contribution >= 0.6 is 0 Å². The van der Waals surface area contributed by atoms with Gasteiger partial charge in [0.15, 0.2) is 5.82 Å². The molecule has 0 atom stereocenters. The number of halogens is 2. The molecule has 0 radical (unpaired) electrons. The van der Waals surface area contributed by atoms with Crippen molar-refractivity contribution in [1.82, 2.24) is 30.1 Å². The number of rotatable bonds is 6. The van der Waals surface area contributed by atoms with Crippen molar-refractivity contribution in [2.75, 3.05) is 5.32 Å². The molecule has 3 N–H and O–H groups in total. The van der Waals surface area contributed by atoms with Crippen molar-refractivity contribution in [3.63, 3.8) is 0 Å². The van der Waals surface area contributed by atoms with Crippen molar-refractivity contribution in [3.8, 4) is 33.9 Å². The number of aromatic amines is 2. The van der Waals surface area contributed by atoms with Gasteiger partial charge in [-0.3, -0.25) is 19.9 Å². The molecule has 0 aliphatic heterocycles. The number of pyridine rings is 2. The van der Waals surface area contributed by atoms with E-state index in [1.165, 1.54) is 24.4 Å². The molecule has 8 nitrogen and oxygen atoms in total. The average molecular weight is 510 g/mol. The van der Waals surface area contributed by atoms with Gasteiger partial charge in [-0.25, -0.2) is 13.8 Å². The van der Waals surface area contributed by atoms with Crippen LogP contribution in [0.1, 0.15) is 19.8 Å². The number of hydrogen-bond donors (Lipinski definition) is 3. The van der Waals surface area contributed by atoms with Crippen molar-refractivity contribution < 1.29 is 13.6 Å². The number of H-pyrrole nitrogens is 2. The second-order valence-corrected chi connectivity index (χ2v) is 8.86. The normalized spacial score (nSPS) is 11.3. The zero-order chi connectivity index (χ0) is 26.2. The summed E-state index contributed by atoms with van der Waals surface area (Å²) >= 11 is 0. The molecule has 0 aliphatic rings. The molecule has 4 aromatic heterocycles. The number of carbonyl (C=O) groups is 1. The van der Waals surface area contributed by atoms with Crippen molar-refractivity contribution in [1.29, 1.82) is 0 Å². The second-order valence-electron chi connectivity index (χ2n) is 8.86. The van der Waals surface area contributed by atoms with Crippen molar-refractivity contribution in [3.05, 3.63) is 78.8 Å². The Labute approximate surface area is 215 Å². The molecule has 6 rings (SSSR count). The van der Waals surface area contributed by atoms with E-state index >= 15 is 4.39 Å². The predicted molar refractivity (Wildman–Crippen MR) is 141 cm³/mol. The molecule has 4 heterocycles. The lowest BCUT2D eigenvalue weighted by Gasteiger charge is -2.08. The number of nitrogens with zero attached hydrogens (tertiary/aromatic N) is 4. The summed E-state index contributed by atoms with van der Waals surface area (Å²) in [5.74, 6) is -0.449. The molecular formula is C28H21F2N7O. The van der Waals surface area contributed by atoms with E-state index in [-0.39, 0.29) is 11.7 Å². The molecule has 0 aliphatic carbocycles. The third-order valence-electron chi connectivity index (χ3n) is 6.20. The van der Waals surface area contributed by atoms with Crippen LogP contribution in [0.25, 0.3) is 55.8 Å². The van der Waals surface area contributed by atoms with Gasteiger partial charge in [0.2, 0.25) is 5.91 Å². The summed E-state index contributed by atoms with van der Waals surface area (Å²) in [5, 5.41) is 10.7.